The van der Waals surface area contributed by atoms with E-state index in [2.05, 4.69) is 9.72 Å². The second kappa shape index (κ2) is 5.14. The van der Waals surface area contributed by atoms with Crippen LogP contribution in [0.1, 0.15) is 5.56 Å². The Labute approximate surface area is 112 Å². The summed E-state index contributed by atoms with van der Waals surface area (Å²) in [6.07, 6.45) is 1.70. The minimum absolute atomic E-state index is 0.150. The first kappa shape index (κ1) is 13.1. The van der Waals surface area contributed by atoms with Crippen molar-refractivity contribution >= 4 is 28.2 Å². The van der Waals surface area contributed by atoms with Crippen molar-refractivity contribution in [3.05, 3.63) is 30.0 Å². The monoisotopic (exact) mass is 259 g/mol. The first-order valence-corrected chi connectivity index (χ1v) is 5.96. The second-order valence-electron chi connectivity index (χ2n) is 4.46. The van der Waals surface area contributed by atoms with Crippen LogP contribution in [0.3, 0.4) is 0 Å². The van der Waals surface area contributed by atoms with Crippen molar-refractivity contribution in [1.29, 1.82) is 0 Å². The normalized spacial score (nSPS) is 10.5. The Balaban J connectivity index is 2.55. The van der Waals surface area contributed by atoms with Crippen molar-refractivity contribution in [3.63, 3.8) is 0 Å². The molecule has 2 N–H and O–H groups in total. The van der Waals surface area contributed by atoms with Gasteiger partial charge in [-0.05, 0) is 24.6 Å². The van der Waals surface area contributed by atoms with E-state index in [1.165, 1.54) is 7.11 Å². The van der Waals surface area contributed by atoms with E-state index in [-0.39, 0.29) is 12.5 Å². The Morgan fingerprint density at radius 1 is 1.42 bits per heavy atom. The van der Waals surface area contributed by atoms with Gasteiger partial charge in [-0.3, -0.25) is 4.79 Å². The van der Waals surface area contributed by atoms with Gasteiger partial charge in [0, 0.05) is 29.7 Å². The van der Waals surface area contributed by atoms with Crippen molar-refractivity contribution < 1.29 is 9.53 Å². The number of hydrogen-bond acceptors (Lipinski definition) is 5. The number of anilines is 2. The topological polar surface area (TPSA) is 68.5 Å². The van der Waals surface area contributed by atoms with Gasteiger partial charge in [-0.1, -0.05) is 6.07 Å². The number of carbonyl (C=O) groups is 1. The lowest BCUT2D eigenvalue weighted by Crippen LogP contribution is -2.27. The number of nitrogens with two attached hydrogens (primary N) is 1. The van der Waals surface area contributed by atoms with Gasteiger partial charge < -0.3 is 15.4 Å². The van der Waals surface area contributed by atoms with Gasteiger partial charge in [0.2, 0.25) is 0 Å². The molecule has 5 heteroatoms. The van der Waals surface area contributed by atoms with Crippen molar-refractivity contribution in [2.24, 2.45) is 0 Å². The minimum atomic E-state index is -0.303. The molecule has 0 aliphatic heterocycles. The molecule has 1 aromatic carbocycles. The zero-order valence-electron chi connectivity index (χ0n) is 11.3. The summed E-state index contributed by atoms with van der Waals surface area (Å²) in [4.78, 5) is 17.5. The predicted molar refractivity (Wildman–Crippen MR) is 76.2 cm³/mol. The quantitative estimate of drug-likeness (QED) is 0.671. The minimum Gasteiger partial charge on any atom is -0.468 e. The summed E-state index contributed by atoms with van der Waals surface area (Å²) in [5.74, 6) is 0.426. The Bertz CT molecular complexity index is 625. The lowest BCUT2D eigenvalue weighted by atomic mass is 10.0. The number of aryl methyl sites for hydroxylation is 1. The van der Waals surface area contributed by atoms with Gasteiger partial charge in [0.1, 0.15) is 12.4 Å². The summed E-state index contributed by atoms with van der Waals surface area (Å²) >= 11 is 0. The molecule has 1 heterocycles. The number of fused-ring (bicyclic) bond motifs is 1. The van der Waals surface area contributed by atoms with Crippen LogP contribution in [-0.4, -0.2) is 31.7 Å². The molecule has 0 bridgehead atoms. The average Bonchev–Trinajstić information content (AvgIpc) is 2.42. The molecule has 5 nitrogen and oxygen atoms in total. The lowest BCUT2D eigenvalue weighted by molar-refractivity contribution is -0.138. The number of nitrogens with zero attached hydrogens (tertiary/aromatic N) is 2. The molecule has 0 radical (unpaired) electrons. The zero-order chi connectivity index (χ0) is 14.0. The Hall–Kier alpha value is -2.30. The first-order chi connectivity index (χ1) is 9.04. The van der Waals surface area contributed by atoms with Crippen LogP contribution in [0.15, 0.2) is 24.4 Å². The summed E-state index contributed by atoms with van der Waals surface area (Å²) in [6, 6.07) is 5.71. The molecule has 0 saturated heterocycles. The van der Waals surface area contributed by atoms with Gasteiger partial charge in [0.05, 0.1) is 7.11 Å². The van der Waals surface area contributed by atoms with E-state index in [0.29, 0.717) is 5.69 Å². The van der Waals surface area contributed by atoms with E-state index in [1.807, 2.05) is 25.1 Å². The molecular formula is C14H17N3O2. The number of aromatic nitrogens is 1. The smallest absolute Gasteiger partial charge is 0.325 e. The van der Waals surface area contributed by atoms with Gasteiger partial charge in [0.25, 0.3) is 0 Å². The van der Waals surface area contributed by atoms with Gasteiger partial charge in [0.15, 0.2) is 0 Å². The SMILES string of the molecule is COC(=O)CN(C)c1nccc2c(N)ccc(C)c12. The van der Waals surface area contributed by atoms with Crippen LogP contribution in [0, 0.1) is 6.92 Å². The highest BCUT2D eigenvalue weighted by molar-refractivity contribution is 6.02. The first-order valence-electron chi connectivity index (χ1n) is 5.96. The van der Waals surface area contributed by atoms with E-state index >= 15 is 0 Å². The lowest BCUT2D eigenvalue weighted by Gasteiger charge is -2.20. The molecule has 0 atom stereocenters. The molecule has 0 spiro atoms. The van der Waals surface area contributed by atoms with Crippen LogP contribution in [-0.2, 0) is 9.53 Å². The molecule has 100 valence electrons. The van der Waals surface area contributed by atoms with Crippen LogP contribution >= 0.6 is 0 Å². The number of carbonyl (C=O) groups excluding carboxylic acids is 1. The Morgan fingerprint density at radius 3 is 2.84 bits per heavy atom. The van der Waals surface area contributed by atoms with E-state index in [0.717, 1.165) is 22.2 Å². The molecule has 0 fully saturated rings. The largest absolute Gasteiger partial charge is 0.468 e. The van der Waals surface area contributed by atoms with Crippen LogP contribution < -0.4 is 10.6 Å². The maximum Gasteiger partial charge on any atom is 0.325 e. The number of ether oxygens (including phenoxy) is 1. The number of esters is 1. The Morgan fingerprint density at radius 2 is 2.16 bits per heavy atom. The van der Waals surface area contributed by atoms with Gasteiger partial charge in [-0.15, -0.1) is 0 Å². The van der Waals surface area contributed by atoms with Gasteiger partial charge >= 0.3 is 5.97 Å². The van der Waals surface area contributed by atoms with Crippen molar-refractivity contribution in [2.45, 2.75) is 6.92 Å². The molecular weight excluding hydrogens is 242 g/mol. The second-order valence-corrected chi connectivity index (χ2v) is 4.46. The third-order valence-corrected chi connectivity index (χ3v) is 3.10. The number of methoxy groups -OCH3 is 1. The van der Waals surface area contributed by atoms with E-state index in [9.17, 15) is 4.79 Å². The highest BCUT2D eigenvalue weighted by atomic mass is 16.5. The molecule has 0 aliphatic carbocycles. The molecule has 0 saturated carbocycles. The number of hydrogen-bond donors (Lipinski definition) is 1. The fourth-order valence-corrected chi connectivity index (χ4v) is 2.09. The van der Waals surface area contributed by atoms with Crippen molar-refractivity contribution in [1.82, 2.24) is 4.98 Å². The highest BCUT2D eigenvalue weighted by Crippen LogP contribution is 2.30. The van der Waals surface area contributed by atoms with E-state index < -0.39 is 0 Å². The summed E-state index contributed by atoms with van der Waals surface area (Å²) in [6.45, 7) is 2.15. The van der Waals surface area contributed by atoms with Gasteiger partial charge in [-0.2, -0.15) is 0 Å². The van der Waals surface area contributed by atoms with Crippen LogP contribution in [0.2, 0.25) is 0 Å². The number of likely N-dealkylation sites (N-methyl/N-ethyl adjacent to an activating group) is 1. The maximum atomic E-state index is 11.4. The van der Waals surface area contributed by atoms with Crippen molar-refractivity contribution in [3.8, 4) is 0 Å². The molecule has 0 unspecified atom stereocenters. The fraction of sp³-hybridized carbons (Fsp3) is 0.286. The molecule has 0 aliphatic rings. The molecule has 19 heavy (non-hydrogen) atoms. The highest BCUT2D eigenvalue weighted by Gasteiger charge is 2.14. The van der Waals surface area contributed by atoms with Crippen LogP contribution in [0.4, 0.5) is 11.5 Å². The number of pyridine rings is 1. The summed E-state index contributed by atoms with van der Waals surface area (Å²) in [7, 11) is 3.18. The third kappa shape index (κ3) is 2.45. The molecule has 2 aromatic rings. The maximum absolute atomic E-state index is 11.4. The third-order valence-electron chi connectivity index (χ3n) is 3.10. The summed E-state index contributed by atoms with van der Waals surface area (Å²) in [5.41, 5.74) is 7.76. The van der Waals surface area contributed by atoms with Crippen molar-refractivity contribution in [2.75, 3.05) is 31.3 Å². The average molecular weight is 259 g/mol. The summed E-state index contributed by atoms with van der Waals surface area (Å²) < 4.78 is 4.68. The van der Waals surface area contributed by atoms with E-state index in [4.69, 9.17) is 5.73 Å². The molecule has 0 amide bonds. The zero-order valence-corrected chi connectivity index (χ0v) is 11.3. The summed E-state index contributed by atoms with van der Waals surface area (Å²) in [5, 5.41) is 1.91. The van der Waals surface area contributed by atoms with E-state index in [1.54, 1.807) is 18.1 Å². The standard InChI is InChI=1S/C14H17N3O2/c1-9-4-5-11(15)10-6-7-16-14(13(9)10)17(2)8-12(18)19-3/h4-7H,8,15H2,1-3H3. The number of nitrogen functional groups attached to an aromatic ring is 1. The number of rotatable bonds is 3. The predicted octanol–water partition coefficient (Wildman–Crippen LogP) is 1.73. The Kier molecular flexibility index (Phi) is 3.55. The number of benzene rings is 1. The molecule has 1 aromatic heterocycles. The molecule has 2 rings (SSSR count). The van der Waals surface area contributed by atoms with Gasteiger partial charge in [-0.25, -0.2) is 4.98 Å². The van der Waals surface area contributed by atoms with Crippen LogP contribution in [0.5, 0.6) is 0 Å². The van der Waals surface area contributed by atoms with Crippen LogP contribution in [0.25, 0.3) is 10.8 Å². The fourth-order valence-electron chi connectivity index (χ4n) is 2.09.